The molecule has 0 N–H and O–H groups in total. The van der Waals surface area contributed by atoms with Crippen LogP contribution in [0.4, 0.5) is 0 Å². The van der Waals surface area contributed by atoms with Gasteiger partial charge >= 0.3 is 37.7 Å². The van der Waals surface area contributed by atoms with Crippen molar-refractivity contribution in [3.05, 3.63) is 108 Å². The first-order valence-electron chi connectivity index (χ1n) is 18.6. The molecule has 0 aromatic heterocycles. The van der Waals surface area contributed by atoms with E-state index in [9.17, 15) is 25.9 Å². The molecule has 0 bridgehead atoms. The van der Waals surface area contributed by atoms with Crippen molar-refractivity contribution in [2.45, 2.75) is 126 Å². The summed E-state index contributed by atoms with van der Waals surface area (Å²) in [6.07, 6.45) is 18.2. The number of hydrogen-bond donors (Lipinski definition) is 0. The van der Waals surface area contributed by atoms with Crippen LogP contribution in [0.5, 0.6) is 23.0 Å². The summed E-state index contributed by atoms with van der Waals surface area (Å²) in [5.41, 5.74) is 1.71. The number of benzene rings is 4. The molecule has 284 valence electrons. The van der Waals surface area contributed by atoms with Crippen molar-refractivity contribution in [3.63, 3.8) is 0 Å². The van der Waals surface area contributed by atoms with Crippen molar-refractivity contribution in [2.24, 2.45) is 0 Å². The monoisotopic (exact) mass is 790 g/mol. The Balaban J connectivity index is 0.000000360. The van der Waals surface area contributed by atoms with Gasteiger partial charge in [0.2, 0.25) is 0 Å². The average molecular weight is 791 g/mol. The van der Waals surface area contributed by atoms with E-state index in [-0.39, 0.29) is 59.0 Å². The van der Waals surface area contributed by atoms with Gasteiger partial charge in [-0.1, -0.05) is 139 Å². The van der Waals surface area contributed by atoms with E-state index in [0.29, 0.717) is 11.5 Å². The SMILES string of the molecule is CCCCCCCCCc1ccc(Oc2ccccc2)c(S(=O)(=O)[O-])c1.CCCCCCCCCc1ccc(Oc2ccccc2)c(S(=O)(=O)[O-])c1.[Ca+2]. The first-order valence-corrected chi connectivity index (χ1v) is 21.5. The summed E-state index contributed by atoms with van der Waals surface area (Å²) < 4.78 is 81.0. The molecule has 0 amide bonds. The molecule has 0 unspecified atom stereocenters. The number of unbranched alkanes of at least 4 members (excludes halogenated alkanes) is 12. The van der Waals surface area contributed by atoms with Crippen LogP contribution in [0.25, 0.3) is 0 Å². The first-order chi connectivity index (χ1) is 25.0. The average Bonchev–Trinajstić information content (AvgIpc) is 3.12. The van der Waals surface area contributed by atoms with Gasteiger partial charge in [0.1, 0.15) is 43.2 Å². The van der Waals surface area contributed by atoms with Gasteiger partial charge in [-0.15, -0.1) is 0 Å². The van der Waals surface area contributed by atoms with E-state index in [1.165, 1.54) is 76.3 Å². The fourth-order valence-corrected chi connectivity index (χ4v) is 7.08. The second kappa shape index (κ2) is 25.6. The number of hydrogen-bond acceptors (Lipinski definition) is 8. The van der Waals surface area contributed by atoms with Gasteiger partial charge in [-0.25, -0.2) is 16.8 Å². The predicted molar refractivity (Wildman–Crippen MR) is 211 cm³/mol. The summed E-state index contributed by atoms with van der Waals surface area (Å²) in [7, 11) is -9.19. The molecule has 4 aromatic rings. The van der Waals surface area contributed by atoms with Crippen LogP contribution in [0.2, 0.25) is 0 Å². The number of rotatable bonds is 22. The molecule has 8 nitrogen and oxygen atoms in total. The van der Waals surface area contributed by atoms with Crippen molar-refractivity contribution >= 4 is 58.0 Å². The van der Waals surface area contributed by atoms with Gasteiger partial charge in [0.05, 0.1) is 9.79 Å². The zero-order valence-corrected chi connectivity index (χ0v) is 35.2. The van der Waals surface area contributed by atoms with Crippen LogP contribution in [-0.2, 0) is 33.1 Å². The summed E-state index contributed by atoms with van der Waals surface area (Å²) in [5.74, 6) is 1.15. The summed E-state index contributed by atoms with van der Waals surface area (Å²) in [5, 5.41) is 0. The maximum absolute atomic E-state index is 11.6. The fraction of sp³-hybridized carbons (Fsp3) is 0.429. The molecule has 0 aliphatic carbocycles. The standard InChI is InChI=1S/2C21H28O4S.Ca/c2*1-2-3-4-5-6-7-9-12-18-15-16-20(21(17-18)26(22,23)24)25-19-13-10-8-11-14-19;/h2*8,10-11,13-17H,2-7,9,12H2,1H3,(H,22,23,24);/q;;+2/p-2. The number of aryl methyl sites for hydroxylation is 2. The Kier molecular flexibility index (Phi) is 22.6. The molecule has 11 heteroatoms. The minimum atomic E-state index is -4.60. The van der Waals surface area contributed by atoms with E-state index in [1.54, 1.807) is 60.7 Å². The summed E-state index contributed by atoms with van der Waals surface area (Å²) in [4.78, 5) is -0.580. The van der Waals surface area contributed by atoms with Crippen LogP contribution in [-0.4, -0.2) is 63.7 Å². The van der Waals surface area contributed by atoms with Gasteiger partial charge < -0.3 is 18.6 Å². The molecule has 0 saturated carbocycles. The van der Waals surface area contributed by atoms with Crippen LogP contribution in [0.15, 0.2) is 107 Å². The Morgan fingerprint density at radius 2 is 0.774 bits per heavy atom. The molecule has 0 spiro atoms. The topological polar surface area (TPSA) is 133 Å². The normalized spacial score (nSPS) is 11.2. The second-order valence-electron chi connectivity index (χ2n) is 13.0. The molecular formula is C42H54CaO8S2. The molecule has 0 fully saturated rings. The van der Waals surface area contributed by atoms with E-state index >= 15 is 0 Å². The number of para-hydroxylation sites is 2. The number of ether oxygens (including phenoxy) is 2. The van der Waals surface area contributed by atoms with Crippen LogP contribution < -0.4 is 9.47 Å². The molecule has 0 aliphatic rings. The van der Waals surface area contributed by atoms with Gasteiger partial charge in [0.25, 0.3) is 0 Å². The molecule has 4 rings (SSSR count). The maximum atomic E-state index is 11.6. The molecule has 4 aromatic carbocycles. The van der Waals surface area contributed by atoms with Crippen LogP contribution in [0.3, 0.4) is 0 Å². The fourth-order valence-electron chi connectivity index (χ4n) is 5.78. The Labute approximate surface area is 348 Å². The summed E-state index contributed by atoms with van der Waals surface area (Å²) in [6, 6.07) is 27.4. The van der Waals surface area contributed by atoms with Crippen molar-refractivity contribution in [2.75, 3.05) is 0 Å². The van der Waals surface area contributed by atoms with Gasteiger partial charge in [-0.3, -0.25) is 0 Å². The maximum Gasteiger partial charge on any atom is 2.00 e. The van der Waals surface area contributed by atoms with E-state index in [1.807, 2.05) is 24.3 Å². The van der Waals surface area contributed by atoms with Crippen molar-refractivity contribution in [1.29, 1.82) is 0 Å². The molecule has 0 radical (unpaired) electrons. The van der Waals surface area contributed by atoms with Crippen molar-refractivity contribution < 1.29 is 35.4 Å². The smallest absolute Gasteiger partial charge is 0.744 e. The molecule has 0 aliphatic heterocycles. The molecule has 0 saturated heterocycles. The van der Waals surface area contributed by atoms with E-state index in [4.69, 9.17) is 9.47 Å². The Morgan fingerprint density at radius 1 is 0.453 bits per heavy atom. The van der Waals surface area contributed by atoms with E-state index in [0.717, 1.165) is 49.7 Å². The first kappa shape index (κ1) is 46.7. The van der Waals surface area contributed by atoms with E-state index in [2.05, 4.69) is 13.8 Å². The third kappa shape index (κ3) is 18.6. The zero-order chi connectivity index (χ0) is 37.7. The van der Waals surface area contributed by atoms with Gasteiger partial charge in [-0.2, -0.15) is 0 Å². The Bertz CT molecular complexity index is 1680. The van der Waals surface area contributed by atoms with E-state index < -0.39 is 20.2 Å². The Hall–Kier alpha value is -2.44. The second-order valence-corrected chi connectivity index (χ2v) is 15.7. The molecule has 0 atom stereocenters. The van der Waals surface area contributed by atoms with Crippen LogP contribution >= 0.6 is 0 Å². The molecular weight excluding hydrogens is 737 g/mol. The quantitative estimate of drug-likeness (QED) is 0.0436. The third-order valence-corrected chi connectivity index (χ3v) is 10.4. The minimum absolute atomic E-state index is 0. The van der Waals surface area contributed by atoms with Crippen molar-refractivity contribution in [3.8, 4) is 23.0 Å². The van der Waals surface area contributed by atoms with Crippen molar-refractivity contribution in [1.82, 2.24) is 0 Å². The van der Waals surface area contributed by atoms with Crippen LogP contribution in [0, 0.1) is 0 Å². The molecule has 0 heterocycles. The molecule has 53 heavy (non-hydrogen) atoms. The predicted octanol–water partition coefficient (Wildman–Crippen LogP) is 11.0. The third-order valence-electron chi connectivity index (χ3n) is 8.63. The van der Waals surface area contributed by atoms with Gasteiger partial charge in [0.15, 0.2) is 0 Å². The summed E-state index contributed by atoms with van der Waals surface area (Å²) >= 11 is 0. The van der Waals surface area contributed by atoms with Gasteiger partial charge in [0, 0.05) is 0 Å². The Morgan fingerprint density at radius 3 is 1.09 bits per heavy atom. The van der Waals surface area contributed by atoms with Gasteiger partial charge in [-0.05, 0) is 85.3 Å². The van der Waals surface area contributed by atoms with Crippen LogP contribution in [0.1, 0.15) is 115 Å². The minimum Gasteiger partial charge on any atom is -0.744 e. The zero-order valence-electron chi connectivity index (χ0n) is 31.3. The largest absolute Gasteiger partial charge is 2.00 e. The summed E-state index contributed by atoms with van der Waals surface area (Å²) in [6.45, 7) is 4.40.